The predicted octanol–water partition coefficient (Wildman–Crippen LogP) is 3.85. The third-order valence-corrected chi connectivity index (χ3v) is 4.29. The van der Waals surface area contributed by atoms with Crippen molar-refractivity contribution in [2.45, 2.75) is 26.4 Å². The molecule has 2 rings (SSSR count). The lowest BCUT2D eigenvalue weighted by Crippen LogP contribution is -2.42. The summed E-state index contributed by atoms with van der Waals surface area (Å²) in [5.74, 6) is 1.71. The highest BCUT2D eigenvalue weighted by molar-refractivity contribution is 14.0. The third-order valence-electron chi connectivity index (χ3n) is 3.35. The molecule has 132 valence electrons. The first-order valence-corrected chi connectivity index (χ1v) is 8.75. The number of nitrogens with one attached hydrogen (secondary N) is 2. The summed E-state index contributed by atoms with van der Waals surface area (Å²) in [6, 6.07) is 12.3. The Morgan fingerprint density at radius 3 is 2.75 bits per heavy atom. The number of ether oxygens (including phenoxy) is 1. The van der Waals surface area contributed by atoms with Gasteiger partial charge in [0.2, 0.25) is 0 Å². The number of benzene rings is 1. The van der Waals surface area contributed by atoms with Gasteiger partial charge in [0.25, 0.3) is 0 Å². The van der Waals surface area contributed by atoms with Gasteiger partial charge in [-0.25, -0.2) is 0 Å². The Morgan fingerprint density at radius 2 is 2.08 bits per heavy atom. The summed E-state index contributed by atoms with van der Waals surface area (Å²) in [4.78, 5) is 5.62. The van der Waals surface area contributed by atoms with Crippen molar-refractivity contribution in [2.24, 2.45) is 4.99 Å². The van der Waals surface area contributed by atoms with Gasteiger partial charge in [-0.05, 0) is 49.4 Å². The number of aryl methyl sites for hydroxylation is 1. The molecule has 1 aromatic carbocycles. The van der Waals surface area contributed by atoms with Crippen LogP contribution in [0.4, 0.5) is 0 Å². The fourth-order valence-corrected chi connectivity index (χ4v) is 2.89. The number of rotatable bonds is 7. The zero-order chi connectivity index (χ0) is 16.5. The van der Waals surface area contributed by atoms with E-state index in [1.165, 1.54) is 10.4 Å². The van der Waals surface area contributed by atoms with Gasteiger partial charge in [0.05, 0.1) is 6.54 Å². The molecule has 0 saturated carbocycles. The Bertz CT molecular complexity index is 616. The zero-order valence-corrected chi connectivity index (χ0v) is 17.6. The molecule has 1 atom stereocenters. The van der Waals surface area contributed by atoms with Gasteiger partial charge in [0, 0.05) is 18.5 Å². The highest BCUT2D eigenvalue weighted by atomic mass is 127. The van der Waals surface area contributed by atoms with Crippen molar-refractivity contribution in [1.82, 2.24) is 10.6 Å². The van der Waals surface area contributed by atoms with Crippen molar-refractivity contribution in [2.75, 3.05) is 20.1 Å². The van der Waals surface area contributed by atoms with E-state index in [4.69, 9.17) is 4.74 Å². The molecule has 4 nitrogen and oxygen atoms in total. The molecular weight excluding hydrogens is 433 g/mol. The normalized spacial score (nSPS) is 12.2. The Morgan fingerprint density at radius 1 is 1.25 bits per heavy atom. The van der Waals surface area contributed by atoms with Crippen LogP contribution < -0.4 is 15.4 Å². The van der Waals surface area contributed by atoms with E-state index < -0.39 is 0 Å². The fourth-order valence-electron chi connectivity index (χ4n) is 2.18. The van der Waals surface area contributed by atoms with Crippen molar-refractivity contribution in [1.29, 1.82) is 0 Å². The molecule has 0 fully saturated rings. The average Bonchev–Trinajstić information content (AvgIpc) is 3.04. The molecule has 1 aromatic heterocycles. The number of hydrogen-bond acceptors (Lipinski definition) is 3. The Balaban J connectivity index is 0.00000288. The third kappa shape index (κ3) is 7.53. The van der Waals surface area contributed by atoms with Crippen molar-refractivity contribution >= 4 is 41.3 Å². The highest BCUT2D eigenvalue weighted by Gasteiger charge is 2.06. The van der Waals surface area contributed by atoms with E-state index in [0.717, 1.165) is 24.7 Å². The molecule has 0 bridgehead atoms. The summed E-state index contributed by atoms with van der Waals surface area (Å²) in [6.07, 6.45) is 1.07. The van der Waals surface area contributed by atoms with Crippen molar-refractivity contribution < 1.29 is 4.74 Å². The molecular formula is C18H26IN3OS. The summed E-state index contributed by atoms with van der Waals surface area (Å²) in [6.45, 7) is 5.68. The largest absolute Gasteiger partial charge is 0.489 e. The van der Waals surface area contributed by atoms with Gasteiger partial charge < -0.3 is 15.4 Å². The molecule has 1 unspecified atom stereocenters. The van der Waals surface area contributed by atoms with Crippen LogP contribution in [0.5, 0.6) is 5.75 Å². The van der Waals surface area contributed by atoms with Crippen molar-refractivity contribution in [3.8, 4) is 5.75 Å². The molecule has 0 spiro atoms. The van der Waals surface area contributed by atoms with Gasteiger partial charge in [-0.15, -0.1) is 35.3 Å². The fraction of sp³-hybridized carbons (Fsp3) is 0.389. The number of guanidine groups is 1. The number of aliphatic imine (C=N–C) groups is 1. The minimum Gasteiger partial charge on any atom is -0.489 e. The molecule has 0 aliphatic rings. The number of thiophene rings is 1. The quantitative estimate of drug-likeness (QED) is 0.376. The first kappa shape index (κ1) is 20.8. The molecule has 2 N–H and O–H groups in total. The van der Waals surface area contributed by atoms with Crippen LogP contribution in [0.3, 0.4) is 0 Å². The minimum absolute atomic E-state index is 0. The van der Waals surface area contributed by atoms with Crippen LogP contribution in [-0.2, 0) is 6.42 Å². The number of hydrogen-bond donors (Lipinski definition) is 2. The van der Waals surface area contributed by atoms with Crippen LogP contribution >= 0.6 is 35.3 Å². The Hall–Kier alpha value is -1.28. The lowest BCUT2D eigenvalue weighted by Gasteiger charge is -2.18. The van der Waals surface area contributed by atoms with Crippen LogP contribution in [0.2, 0.25) is 0 Å². The molecule has 0 saturated heterocycles. The van der Waals surface area contributed by atoms with Crippen molar-refractivity contribution in [3.05, 3.63) is 52.2 Å². The smallest absolute Gasteiger partial charge is 0.191 e. The van der Waals surface area contributed by atoms with E-state index in [9.17, 15) is 0 Å². The second kappa shape index (κ2) is 11.3. The van der Waals surface area contributed by atoms with Crippen LogP contribution in [0, 0.1) is 6.92 Å². The predicted molar refractivity (Wildman–Crippen MR) is 114 cm³/mol. The lowest BCUT2D eigenvalue weighted by atomic mass is 10.2. The molecule has 24 heavy (non-hydrogen) atoms. The topological polar surface area (TPSA) is 45.7 Å². The molecule has 2 aromatic rings. The summed E-state index contributed by atoms with van der Waals surface area (Å²) in [5.41, 5.74) is 1.20. The number of halogens is 1. The van der Waals surface area contributed by atoms with E-state index in [1.54, 1.807) is 18.4 Å². The summed E-state index contributed by atoms with van der Waals surface area (Å²) in [5, 5.41) is 8.73. The second-order valence-electron chi connectivity index (χ2n) is 5.45. The van der Waals surface area contributed by atoms with Crippen LogP contribution in [-0.4, -0.2) is 32.2 Å². The molecule has 0 amide bonds. The monoisotopic (exact) mass is 459 g/mol. The Labute approximate surface area is 165 Å². The van der Waals surface area contributed by atoms with E-state index in [2.05, 4.69) is 46.1 Å². The van der Waals surface area contributed by atoms with Gasteiger partial charge in [-0.3, -0.25) is 4.99 Å². The molecule has 6 heteroatoms. The molecule has 0 radical (unpaired) electrons. The van der Waals surface area contributed by atoms with Crippen molar-refractivity contribution in [3.63, 3.8) is 0 Å². The maximum Gasteiger partial charge on any atom is 0.191 e. The first-order chi connectivity index (χ1) is 11.2. The molecule has 0 aliphatic carbocycles. The average molecular weight is 459 g/mol. The molecule has 0 aliphatic heterocycles. The van der Waals surface area contributed by atoms with Gasteiger partial charge >= 0.3 is 0 Å². The van der Waals surface area contributed by atoms with Crippen LogP contribution in [0.25, 0.3) is 0 Å². The summed E-state index contributed by atoms with van der Waals surface area (Å²) < 4.78 is 5.91. The van der Waals surface area contributed by atoms with E-state index in [1.807, 2.05) is 25.1 Å². The lowest BCUT2D eigenvalue weighted by molar-refractivity contribution is 0.223. The van der Waals surface area contributed by atoms with E-state index in [-0.39, 0.29) is 30.1 Å². The highest BCUT2D eigenvalue weighted by Crippen LogP contribution is 2.13. The van der Waals surface area contributed by atoms with Gasteiger partial charge in [-0.2, -0.15) is 0 Å². The van der Waals surface area contributed by atoms with Gasteiger partial charge in [-0.1, -0.05) is 18.2 Å². The second-order valence-corrected chi connectivity index (χ2v) is 6.49. The van der Waals surface area contributed by atoms with Gasteiger partial charge in [0.15, 0.2) is 5.96 Å². The summed E-state index contributed by atoms with van der Waals surface area (Å²) in [7, 11) is 1.78. The maximum absolute atomic E-state index is 5.91. The minimum atomic E-state index is 0. The van der Waals surface area contributed by atoms with Gasteiger partial charge in [0.1, 0.15) is 11.9 Å². The molecule has 1 heterocycles. The van der Waals surface area contributed by atoms with Crippen LogP contribution in [0.1, 0.15) is 17.4 Å². The standard InChI is InChI=1S/C18H25N3OS.HI/c1-14-6-4-7-16(12-14)22-15(2)13-21-18(19-3)20-10-9-17-8-5-11-23-17;/h4-8,11-12,15H,9-10,13H2,1-3H3,(H2,19,20,21);1H. The Kier molecular flexibility index (Phi) is 9.78. The van der Waals surface area contributed by atoms with Crippen LogP contribution in [0.15, 0.2) is 46.8 Å². The van der Waals surface area contributed by atoms with E-state index >= 15 is 0 Å². The zero-order valence-electron chi connectivity index (χ0n) is 14.4. The number of nitrogens with zero attached hydrogens (tertiary/aromatic N) is 1. The van der Waals surface area contributed by atoms with E-state index in [0.29, 0.717) is 6.54 Å². The summed E-state index contributed by atoms with van der Waals surface area (Å²) >= 11 is 1.78. The maximum atomic E-state index is 5.91. The first-order valence-electron chi connectivity index (χ1n) is 7.87. The SMILES string of the molecule is CN=C(NCCc1cccs1)NCC(C)Oc1cccc(C)c1.I.